The molecule has 2 heterocycles. The van der Waals surface area contributed by atoms with Gasteiger partial charge in [0.15, 0.2) is 5.76 Å². The lowest BCUT2D eigenvalue weighted by Crippen LogP contribution is -2.51. The third-order valence-electron chi connectivity index (χ3n) is 4.12. The predicted molar refractivity (Wildman–Crippen MR) is 96.4 cm³/mol. The number of anilines is 1. The van der Waals surface area contributed by atoms with Gasteiger partial charge in [0.1, 0.15) is 0 Å². The molecule has 1 aliphatic heterocycles. The van der Waals surface area contributed by atoms with Gasteiger partial charge in [-0.05, 0) is 36.8 Å². The van der Waals surface area contributed by atoms with Gasteiger partial charge in [-0.1, -0.05) is 23.2 Å². The molecule has 1 aromatic heterocycles. The van der Waals surface area contributed by atoms with Crippen LogP contribution in [0.25, 0.3) is 0 Å². The van der Waals surface area contributed by atoms with Crippen molar-refractivity contribution in [1.82, 2.24) is 9.80 Å². The Bertz CT molecular complexity index is 761. The number of piperazine rings is 1. The maximum atomic E-state index is 12.4. The van der Waals surface area contributed by atoms with E-state index in [1.54, 1.807) is 34.1 Å². The standard InChI is InChI=1S/C17H17Cl2N3O3/c1-11-13(18)9-12(10-14(11)19)20-17(24)22-6-4-21(5-7-22)16(23)15-3-2-8-25-15/h2-3,8-10H,4-7H2,1H3,(H,20,24). The third-order valence-corrected chi connectivity index (χ3v) is 4.90. The number of nitrogens with zero attached hydrogens (tertiary/aromatic N) is 2. The molecule has 1 aromatic carbocycles. The van der Waals surface area contributed by atoms with Crippen molar-refractivity contribution in [1.29, 1.82) is 0 Å². The second-order valence-corrected chi connectivity index (χ2v) is 6.57. The van der Waals surface area contributed by atoms with Crippen molar-refractivity contribution in [3.05, 3.63) is 51.9 Å². The number of urea groups is 1. The molecule has 0 bridgehead atoms. The summed E-state index contributed by atoms with van der Waals surface area (Å²) in [5.41, 5.74) is 1.31. The summed E-state index contributed by atoms with van der Waals surface area (Å²) in [5, 5.41) is 3.78. The minimum atomic E-state index is -0.249. The topological polar surface area (TPSA) is 65.8 Å². The van der Waals surface area contributed by atoms with E-state index < -0.39 is 0 Å². The second kappa shape index (κ2) is 7.37. The molecule has 3 amide bonds. The molecule has 1 N–H and O–H groups in total. The van der Waals surface area contributed by atoms with Gasteiger partial charge in [0.25, 0.3) is 5.91 Å². The van der Waals surface area contributed by atoms with Crippen molar-refractivity contribution in [2.24, 2.45) is 0 Å². The van der Waals surface area contributed by atoms with Crippen LogP contribution in [0.3, 0.4) is 0 Å². The van der Waals surface area contributed by atoms with Crippen molar-refractivity contribution < 1.29 is 14.0 Å². The predicted octanol–water partition coefficient (Wildman–Crippen LogP) is 3.88. The zero-order valence-corrected chi connectivity index (χ0v) is 15.1. The van der Waals surface area contributed by atoms with Gasteiger partial charge in [0, 0.05) is 41.9 Å². The van der Waals surface area contributed by atoms with Crippen LogP contribution in [0.5, 0.6) is 0 Å². The second-order valence-electron chi connectivity index (χ2n) is 5.75. The van der Waals surface area contributed by atoms with Gasteiger partial charge < -0.3 is 19.5 Å². The first kappa shape index (κ1) is 17.6. The lowest BCUT2D eigenvalue weighted by atomic mass is 10.2. The van der Waals surface area contributed by atoms with Crippen molar-refractivity contribution in [2.45, 2.75) is 6.92 Å². The number of furan rings is 1. The van der Waals surface area contributed by atoms with E-state index in [4.69, 9.17) is 27.6 Å². The molecule has 3 rings (SSSR count). The first-order valence-corrected chi connectivity index (χ1v) is 8.55. The monoisotopic (exact) mass is 381 g/mol. The van der Waals surface area contributed by atoms with Crippen molar-refractivity contribution in [3.8, 4) is 0 Å². The fraction of sp³-hybridized carbons (Fsp3) is 0.294. The van der Waals surface area contributed by atoms with Gasteiger partial charge in [0.2, 0.25) is 0 Å². The number of benzene rings is 1. The smallest absolute Gasteiger partial charge is 0.321 e. The van der Waals surface area contributed by atoms with Crippen molar-refractivity contribution in [3.63, 3.8) is 0 Å². The van der Waals surface area contributed by atoms with E-state index in [0.717, 1.165) is 5.56 Å². The maximum Gasteiger partial charge on any atom is 0.321 e. The molecule has 0 atom stereocenters. The zero-order valence-electron chi connectivity index (χ0n) is 13.6. The molecule has 132 valence electrons. The minimum absolute atomic E-state index is 0.165. The molecule has 0 unspecified atom stereocenters. The average molecular weight is 382 g/mol. The fourth-order valence-electron chi connectivity index (χ4n) is 2.59. The van der Waals surface area contributed by atoms with Gasteiger partial charge >= 0.3 is 6.03 Å². The van der Waals surface area contributed by atoms with Crippen LogP contribution >= 0.6 is 23.2 Å². The summed E-state index contributed by atoms with van der Waals surface area (Å²) in [5.74, 6) is 0.143. The maximum absolute atomic E-state index is 12.4. The Morgan fingerprint density at radius 2 is 1.68 bits per heavy atom. The highest BCUT2D eigenvalue weighted by atomic mass is 35.5. The quantitative estimate of drug-likeness (QED) is 0.857. The molecule has 0 saturated carbocycles. The average Bonchev–Trinajstić information content (AvgIpc) is 3.13. The number of carbonyl (C=O) groups excluding carboxylic acids is 2. The SMILES string of the molecule is Cc1c(Cl)cc(NC(=O)N2CCN(C(=O)c3ccco3)CC2)cc1Cl. The lowest BCUT2D eigenvalue weighted by molar-refractivity contribution is 0.0640. The summed E-state index contributed by atoms with van der Waals surface area (Å²) in [6, 6.07) is 6.39. The number of rotatable bonds is 2. The van der Waals surface area contributed by atoms with Gasteiger partial charge in [-0.25, -0.2) is 4.79 Å². The lowest BCUT2D eigenvalue weighted by Gasteiger charge is -2.34. The van der Waals surface area contributed by atoms with E-state index in [-0.39, 0.29) is 11.9 Å². The van der Waals surface area contributed by atoms with E-state index in [2.05, 4.69) is 5.32 Å². The van der Waals surface area contributed by atoms with Crippen LogP contribution in [0.4, 0.5) is 10.5 Å². The van der Waals surface area contributed by atoms with Crippen LogP contribution in [-0.2, 0) is 0 Å². The summed E-state index contributed by atoms with van der Waals surface area (Å²) in [4.78, 5) is 27.9. The highest BCUT2D eigenvalue weighted by Gasteiger charge is 2.26. The highest BCUT2D eigenvalue weighted by molar-refractivity contribution is 6.36. The number of amides is 3. The number of hydrogen-bond acceptors (Lipinski definition) is 3. The van der Waals surface area contributed by atoms with Crippen LogP contribution < -0.4 is 5.32 Å². The van der Waals surface area contributed by atoms with Crippen LogP contribution in [0, 0.1) is 6.92 Å². The molecule has 8 heteroatoms. The largest absolute Gasteiger partial charge is 0.459 e. The summed E-state index contributed by atoms with van der Waals surface area (Å²) in [6.45, 7) is 3.58. The highest BCUT2D eigenvalue weighted by Crippen LogP contribution is 2.28. The molecule has 25 heavy (non-hydrogen) atoms. The summed E-state index contributed by atoms with van der Waals surface area (Å²) >= 11 is 12.2. The molecule has 0 aliphatic carbocycles. The first-order chi connectivity index (χ1) is 12.0. The zero-order chi connectivity index (χ0) is 18.0. The van der Waals surface area contributed by atoms with Crippen LogP contribution in [-0.4, -0.2) is 47.9 Å². The van der Waals surface area contributed by atoms with Gasteiger partial charge in [-0.3, -0.25) is 4.79 Å². The van der Waals surface area contributed by atoms with E-state index in [0.29, 0.717) is 47.7 Å². The van der Waals surface area contributed by atoms with Crippen LogP contribution in [0.1, 0.15) is 16.1 Å². The Hall–Kier alpha value is -2.18. The normalized spacial score (nSPS) is 14.5. The molecular formula is C17H17Cl2N3O3. The molecule has 0 spiro atoms. The molecular weight excluding hydrogens is 365 g/mol. The van der Waals surface area contributed by atoms with Crippen molar-refractivity contribution in [2.75, 3.05) is 31.5 Å². The number of carbonyl (C=O) groups is 2. The molecule has 2 aromatic rings. The Morgan fingerprint density at radius 1 is 1.08 bits per heavy atom. The Morgan fingerprint density at radius 3 is 2.24 bits per heavy atom. The van der Waals surface area contributed by atoms with Crippen LogP contribution in [0.2, 0.25) is 10.0 Å². The molecule has 1 saturated heterocycles. The number of nitrogens with one attached hydrogen (secondary N) is 1. The third kappa shape index (κ3) is 3.91. The Balaban J connectivity index is 1.58. The first-order valence-electron chi connectivity index (χ1n) is 7.80. The van der Waals surface area contributed by atoms with E-state index in [9.17, 15) is 9.59 Å². The fourth-order valence-corrected chi connectivity index (χ4v) is 3.08. The van der Waals surface area contributed by atoms with E-state index >= 15 is 0 Å². The van der Waals surface area contributed by atoms with E-state index in [1.807, 2.05) is 6.92 Å². The molecule has 6 nitrogen and oxygen atoms in total. The summed E-state index contributed by atoms with van der Waals surface area (Å²) in [6.07, 6.45) is 1.47. The summed E-state index contributed by atoms with van der Waals surface area (Å²) < 4.78 is 5.12. The van der Waals surface area contributed by atoms with Crippen LogP contribution in [0.15, 0.2) is 34.9 Å². The number of hydrogen-bond donors (Lipinski definition) is 1. The molecule has 1 fully saturated rings. The van der Waals surface area contributed by atoms with Crippen molar-refractivity contribution >= 4 is 40.8 Å². The molecule has 0 radical (unpaired) electrons. The number of halogens is 2. The Labute approximate surface area is 155 Å². The molecule has 1 aliphatic rings. The van der Waals surface area contributed by atoms with Gasteiger partial charge in [-0.15, -0.1) is 0 Å². The summed E-state index contributed by atoms with van der Waals surface area (Å²) in [7, 11) is 0. The minimum Gasteiger partial charge on any atom is -0.459 e. The Kier molecular flexibility index (Phi) is 5.20. The van der Waals surface area contributed by atoms with E-state index in [1.165, 1.54) is 6.26 Å². The van der Waals surface area contributed by atoms with Gasteiger partial charge in [0.05, 0.1) is 6.26 Å². The van der Waals surface area contributed by atoms with Gasteiger partial charge in [-0.2, -0.15) is 0 Å².